The van der Waals surface area contributed by atoms with E-state index in [1.165, 1.54) is 13.2 Å². The number of carbonyl (C=O) groups is 3. The summed E-state index contributed by atoms with van der Waals surface area (Å²) in [7, 11) is 0. The van der Waals surface area contributed by atoms with Crippen molar-refractivity contribution in [3.8, 4) is 0 Å². The summed E-state index contributed by atoms with van der Waals surface area (Å²) in [6.45, 7) is 1.04. The number of nitrogens with one attached hydrogen (secondary N) is 2. The molecule has 1 saturated heterocycles. The Morgan fingerprint density at radius 3 is 2.72 bits per heavy atom. The Labute approximate surface area is 152 Å². The van der Waals surface area contributed by atoms with E-state index in [1.807, 2.05) is 0 Å². The quantitative estimate of drug-likeness (QED) is 0.796. The predicted octanol–water partition coefficient (Wildman–Crippen LogP) is 2.99. The van der Waals surface area contributed by atoms with Crippen LogP contribution in [0.5, 0.6) is 0 Å². The van der Waals surface area contributed by atoms with Gasteiger partial charge in [-0.1, -0.05) is 29.3 Å². The van der Waals surface area contributed by atoms with Crippen molar-refractivity contribution in [3.05, 3.63) is 52.4 Å². The van der Waals surface area contributed by atoms with Gasteiger partial charge >= 0.3 is 6.03 Å². The molecule has 7 nitrogen and oxygen atoms in total. The zero-order valence-electron chi connectivity index (χ0n) is 13.0. The van der Waals surface area contributed by atoms with Crippen LogP contribution in [0.15, 0.2) is 41.0 Å². The fourth-order valence-electron chi connectivity index (χ4n) is 2.50. The Kier molecular flexibility index (Phi) is 4.45. The number of urea groups is 1. The lowest BCUT2D eigenvalue weighted by atomic mass is 9.99. The second-order valence-corrected chi connectivity index (χ2v) is 6.36. The normalized spacial score (nSPS) is 19.9. The van der Waals surface area contributed by atoms with Crippen LogP contribution >= 0.6 is 23.2 Å². The van der Waals surface area contributed by atoms with Gasteiger partial charge < -0.3 is 15.1 Å². The van der Waals surface area contributed by atoms with Crippen molar-refractivity contribution in [2.75, 3.05) is 11.9 Å². The number of anilines is 1. The van der Waals surface area contributed by atoms with Crippen molar-refractivity contribution >= 4 is 46.7 Å². The number of rotatable bonds is 4. The Balaban J connectivity index is 1.74. The second-order valence-electron chi connectivity index (χ2n) is 5.57. The number of benzene rings is 1. The molecule has 0 aliphatic carbocycles. The molecule has 1 fully saturated rings. The average Bonchev–Trinajstić information content (AvgIpc) is 3.17. The lowest BCUT2D eigenvalue weighted by Gasteiger charge is -2.19. The molecule has 130 valence electrons. The molecule has 1 aromatic carbocycles. The van der Waals surface area contributed by atoms with E-state index in [-0.39, 0.29) is 15.8 Å². The number of hydrogen-bond acceptors (Lipinski definition) is 4. The van der Waals surface area contributed by atoms with Crippen molar-refractivity contribution in [1.29, 1.82) is 0 Å². The maximum Gasteiger partial charge on any atom is 0.325 e. The van der Waals surface area contributed by atoms with Gasteiger partial charge in [0.05, 0.1) is 22.0 Å². The smallest absolute Gasteiger partial charge is 0.325 e. The fourth-order valence-corrected chi connectivity index (χ4v) is 2.85. The molecule has 1 aliphatic rings. The third kappa shape index (κ3) is 3.08. The van der Waals surface area contributed by atoms with Gasteiger partial charge in [-0.2, -0.15) is 0 Å². The number of furan rings is 1. The number of nitrogens with zero attached hydrogens (tertiary/aromatic N) is 1. The van der Waals surface area contributed by atoms with E-state index in [0.717, 1.165) is 4.90 Å². The third-order valence-electron chi connectivity index (χ3n) is 3.82. The average molecular weight is 382 g/mol. The largest absolute Gasteiger partial charge is 0.466 e. The van der Waals surface area contributed by atoms with E-state index in [0.29, 0.717) is 5.69 Å². The SMILES string of the molecule is C[C@]1(c2ccco2)NC(=O)N(CC(=O)Nc2cccc(Cl)c2Cl)C1=O. The molecule has 25 heavy (non-hydrogen) atoms. The summed E-state index contributed by atoms with van der Waals surface area (Å²) in [5, 5.41) is 5.52. The molecule has 0 spiro atoms. The first kappa shape index (κ1) is 17.3. The molecule has 3 rings (SSSR count). The number of carbonyl (C=O) groups excluding carboxylic acids is 3. The molecule has 0 bridgehead atoms. The maximum atomic E-state index is 12.6. The van der Waals surface area contributed by atoms with Gasteiger partial charge in [-0.3, -0.25) is 14.5 Å². The maximum absolute atomic E-state index is 12.6. The van der Waals surface area contributed by atoms with Crippen molar-refractivity contribution in [2.45, 2.75) is 12.5 Å². The second kappa shape index (κ2) is 6.42. The summed E-state index contributed by atoms with van der Waals surface area (Å²) >= 11 is 11.9. The van der Waals surface area contributed by atoms with Gasteiger partial charge in [0.15, 0.2) is 5.54 Å². The summed E-state index contributed by atoms with van der Waals surface area (Å²) in [4.78, 5) is 37.8. The van der Waals surface area contributed by atoms with Gasteiger partial charge in [0, 0.05) is 0 Å². The van der Waals surface area contributed by atoms with Crippen LogP contribution in [0.2, 0.25) is 10.0 Å². The highest BCUT2D eigenvalue weighted by Gasteiger charge is 2.51. The van der Waals surface area contributed by atoms with Gasteiger partial charge in [-0.05, 0) is 31.2 Å². The number of imide groups is 1. The first-order valence-electron chi connectivity index (χ1n) is 7.25. The van der Waals surface area contributed by atoms with Gasteiger partial charge in [0.1, 0.15) is 12.3 Å². The highest BCUT2D eigenvalue weighted by molar-refractivity contribution is 6.44. The van der Waals surface area contributed by atoms with Crippen molar-refractivity contribution < 1.29 is 18.8 Å². The van der Waals surface area contributed by atoms with Gasteiger partial charge in [-0.15, -0.1) is 0 Å². The molecule has 2 heterocycles. The molecule has 2 aromatic rings. The first-order valence-corrected chi connectivity index (χ1v) is 8.00. The molecule has 0 saturated carbocycles. The van der Waals surface area contributed by atoms with E-state index in [9.17, 15) is 14.4 Å². The van der Waals surface area contributed by atoms with Gasteiger partial charge in [0.2, 0.25) is 5.91 Å². The van der Waals surface area contributed by atoms with Crippen molar-refractivity contribution in [1.82, 2.24) is 10.2 Å². The third-order valence-corrected chi connectivity index (χ3v) is 4.64. The molecule has 0 unspecified atom stereocenters. The first-order chi connectivity index (χ1) is 11.8. The van der Waals surface area contributed by atoms with Crippen LogP contribution in [-0.4, -0.2) is 29.3 Å². The molecule has 1 aromatic heterocycles. The molecule has 0 radical (unpaired) electrons. The highest BCUT2D eigenvalue weighted by Crippen LogP contribution is 2.31. The highest BCUT2D eigenvalue weighted by atomic mass is 35.5. The molecule has 9 heteroatoms. The zero-order valence-corrected chi connectivity index (χ0v) is 14.5. The Morgan fingerprint density at radius 2 is 2.04 bits per heavy atom. The Morgan fingerprint density at radius 1 is 1.28 bits per heavy atom. The van der Waals surface area contributed by atoms with Gasteiger partial charge in [0.25, 0.3) is 5.91 Å². The van der Waals surface area contributed by atoms with E-state index >= 15 is 0 Å². The summed E-state index contributed by atoms with van der Waals surface area (Å²) in [5.41, 5.74) is -1.06. The molecule has 4 amide bonds. The van der Waals surface area contributed by atoms with Gasteiger partial charge in [-0.25, -0.2) is 4.79 Å². The fraction of sp³-hybridized carbons (Fsp3) is 0.188. The number of hydrogen-bond donors (Lipinski definition) is 2. The van der Waals surface area contributed by atoms with Crippen molar-refractivity contribution in [3.63, 3.8) is 0 Å². The van der Waals surface area contributed by atoms with Crippen LogP contribution in [-0.2, 0) is 15.1 Å². The van der Waals surface area contributed by atoms with Crippen LogP contribution < -0.4 is 10.6 Å². The summed E-state index contributed by atoms with van der Waals surface area (Å²) in [5.74, 6) is -0.886. The lowest BCUT2D eigenvalue weighted by Crippen LogP contribution is -2.41. The van der Waals surface area contributed by atoms with E-state index < -0.39 is 29.9 Å². The van der Waals surface area contributed by atoms with Crippen LogP contribution in [0, 0.1) is 0 Å². The van der Waals surface area contributed by atoms with E-state index in [2.05, 4.69) is 10.6 Å². The van der Waals surface area contributed by atoms with Crippen LogP contribution in [0.4, 0.5) is 10.5 Å². The standard InChI is InChI=1S/C16H13Cl2N3O4/c1-16(11-6-3-7-25-11)14(23)21(15(24)20-16)8-12(22)19-10-5-2-4-9(17)13(10)18/h2-7H,8H2,1H3,(H,19,22)(H,20,24)/t16-/m1/s1. The number of amides is 4. The molecular formula is C16H13Cl2N3O4. The Hall–Kier alpha value is -2.51. The number of halogens is 2. The van der Waals surface area contributed by atoms with E-state index in [4.69, 9.17) is 27.6 Å². The minimum atomic E-state index is -1.35. The lowest BCUT2D eigenvalue weighted by molar-refractivity contribution is -0.134. The molecular weight excluding hydrogens is 369 g/mol. The summed E-state index contributed by atoms with van der Waals surface area (Å²) in [6.07, 6.45) is 1.40. The molecule has 1 aliphatic heterocycles. The van der Waals surface area contributed by atoms with Crippen LogP contribution in [0.1, 0.15) is 12.7 Å². The molecule has 2 N–H and O–H groups in total. The van der Waals surface area contributed by atoms with E-state index in [1.54, 1.807) is 30.3 Å². The summed E-state index contributed by atoms with van der Waals surface area (Å²) in [6, 6.07) is 7.25. The summed E-state index contributed by atoms with van der Waals surface area (Å²) < 4.78 is 5.22. The molecule has 1 atom stereocenters. The monoisotopic (exact) mass is 381 g/mol. The Bertz CT molecular complexity index is 853. The topological polar surface area (TPSA) is 91.7 Å². The zero-order chi connectivity index (χ0) is 18.2. The minimum Gasteiger partial charge on any atom is -0.466 e. The predicted molar refractivity (Wildman–Crippen MR) is 91.4 cm³/mol. The van der Waals surface area contributed by atoms with Crippen LogP contribution in [0.25, 0.3) is 0 Å². The van der Waals surface area contributed by atoms with Crippen LogP contribution in [0.3, 0.4) is 0 Å². The minimum absolute atomic E-state index is 0.176. The van der Waals surface area contributed by atoms with Crippen molar-refractivity contribution in [2.24, 2.45) is 0 Å².